The van der Waals surface area contributed by atoms with E-state index in [9.17, 15) is 0 Å². The van der Waals surface area contributed by atoms with Crippen molar-refractivity contribution >= 4 is 37.9 Å². The summed E-state index contributed by atoms with van der Waals surface area (Å²) in [6, 6.07) is 0.361. The molecule has 68 valence electrons. The van der Waals surface area contributed by atoms with Gasteiger partial charge in [0.25, 0.3) is 0 Å². The van der Waals surface area contributed by atoms with Crippen LogP contribution in [0.4, 0.5) is 0 Å². The molecule has 1 aromatic heterocycles. The first-order valence-electron chi connectivity index (χ1n) is 6.92. The molecular weight excluding hydrogens is 240 g/mol. The molecular formula is C12H7BrO. The van der Waals surface area contributed by atoms with E-state index in [1.54, 1.807) is 0 Å². The molecule has 0 saturated heterocycles. The molecule has 1 heterocycles. The molecule has 0 spiro atoms. The first-order valence-corrected chi connectivity index (χ1v) is 4.72. The van der Waals surface area contributed by atoms with Gasteiger partial charge in [-0.1, -0.05) is 34.1 Å². The molecule has 0 aliphatic carbocycles. The Morgan fingerprint density at radius 3 is 2.86 bits per heavy atom. The average molecular weight is 253 g/mol. The van der Waals surface area contributed by atoms with Gasteiger partial charge in [-0.05, 0) is 24.2 Å². The van der Waals surface area contributed by atoms with Crippen LogP contribution < -0.4 is 0 Å². The SMILES string of the molecule is [2H]c1cc([2H])c2oc3c([2H])c(Br)c([2H])c([2H])c3c2c1[2H]. The maximum atomic E-state index is 8.00. The smallest absolute Gasteiger partial charge is 0.136 e. The molecule has 2 heteroatoms. The fourth-order valence-electron chi connectivity index (χ4n) is 1.32. The van der Waals surface area contributed by atoms with Crippen LogP contribution >= 0.6 is 15.9 Å². The minimum Gasteiger partial charge on any atom is -0.456 e. The van der Waals surface area contributed by atoms with Crippen LogP contribution in [0.25, 0.3) is 21.9 Å². The maximum absolute atomic E-state index is 8.00. The largest absolute Gasteiger partial charge is 0.456 e. The summed E-state index contributed by atoms with van der Waals surface area (Å²) in [4.78, 5) is 0. The van der Waals surface area contributed by atoms with Gasteiger partial charge >= 0.3 is 0 Å². The molecule has 3 aromatic rings. The zero-order chi connectivity index (χ0) is 14.8. The number of benzene rings is 2. The summed E-state index contributed by atoms with van der Waals surface area (Å²) in [5.41, 5.74) is 0.126. The summed E-state index contributed by atoms with van der Waals surface area (Å²) in [6.07, 6.45) is 0. The molecule has 0 aliphatic rings. The summed E-state index contributed by atoms with van der Waals surface area (Å²) in [5.74, 6) is 0. The fraction of sp³-hybridized carbons (Fsp3) is 0. The van der Waals surface area contributed by atoms with Crippen LogP contribution in [0.1, 0.15) is 8.22 Å². The molecule has 3 rings (SSSR count). The van der Waals surface area contributed by atoms with Crippen LogP contribution in [0.2, 0.25) is 0 Å². The zero-order valence-corrected chi connectivity index (χ0v) is 8.45. The lowest BCUT2D eigenvalue weighted by Crippen LogP contribution is -1.65. The van der Waals surface area contributed by atoms with Gasteiger partial charge in [0, 0.05) is 15.2 Å². The lowest BCUT2D eigenvalue weighted by atomic mass is 10.2. The Labute approximate surface area is 97.9 Å². The molecule has 0 N–H and O–H groups in total. The van der Waals surface area contributed by atoms with Crippen LogP contribution in [-0.4, -0.2) is 0 Å². The predicted molar refractivity (Wildman–Crippen MR) is 61.4 cm³/mol. The monoisotopic (exact) mass is 252 g/mol. The van der Waals surface area contributed by atoms with Crippen molar-refractivity contribution in [1.82, 2.24) is 0 Å². The van der Waals surface area contributed by atoms with E-state index in [-0.39, 0.29) is 62.7 Å². The Morgan fingerprint density at radius 2 is 1.93 bits per heavy atom. The molecule has 2 aromatic carbocycles. The van der Waals surface area contributed by atoms with E-state index in [1.807, 2.05) is 0 Å². The van der Waals surface area contributed by atoms with Crippen molar-refractivity contribution in [3.05, 3.63) is 46.8 Å². The van der Waals surface area contributed by atoms with Crippen LogP contribution in [0, 0.1) is 0 Å². The topological polar surface area (TPSA) is 13.1 Å². The van der Waals surface area contributed by atoms with Crippen molar-refractivity contribution in [2.75, 3.05) is 0 Å². The van der Waals surface area contributed by atoms with Crippen LogP contribution in [-0.2, 0) is 0 Å². The lowest BCUT2D eigenvalue weighted by Gasteiger charge is -1.89. The highest BCUT2D eigenvalue weighted by atomic mass is 79.9. The van der Waals surface area contributed by atoms with Gasteiger partial charge in [0.15, 0.2) is 0 Å². The first-order chi connectivity index (χ1) is 9.34. The van der Waals surface area contributed by atoms with Gasteiger partial charge < -0.3 is 4.42 Å². The number of rotatable bonds is 0. The number of fused-ring (bicyclic) bond motifs is 3. The van der Waals surface area contributed by atoms with E-state index in [0.29, 0.717) is 0 Å². The van der Waals surface area contributed by atoms with Gasteiger partial charge in [-0.3, -0.25) is 0 Å². The second-order valence-corrected chi connectivity index (χ2v) is 3.55. The third-order valence-electron chi connectivity index (χ3n) is 1.90. The molecule has 0 saturated carbocycles. The molecule has 0 bridgehead atoms. The minimum atomic E-state index is -0.180. The van der Waals surface area contributed by atoms with Crippen LogP contribution in [0.15, 0.2) is 51.2 Å². The molecule has 0 radical (unpaired) electrons. The highest BCUT2D eigenvalue weighted by Gasteiger charge is 2.05. The van der Waals surface area contributed by atoms with E-state index < -0.39 is 0 Å². The van der Waals surface area contributed by atoms with Gasteiger partial charge in [-0.2, -0.15) is 0 Å². The van der Waals surface area contributed by atoms with E-state index >= 15 is 0 Å². The zero-order valence-electron chi connectivity index (χ0n) is 12.9. The Hall–Kier alpha value is -1.28. The quantitative estimate of drug-likeness (QED) is 0.580. The standard InChI is InChI=1S/C12H7BrO/c13-8-5-6-10-9-3-1-2-4-11(9)14-12(10)7-8/h1-7H/i1D,3D,4D,5D,6D,7D. The highest BCUT2D eigenvalue weighted by molar-refractivity contribution is 9.10. The number of halogens is 1. The second-order valence-electron chi connectivity index (χ2n) is 2.76. The predicted octanol–water partition coefficient (Wildman–Crippen LogP) is 4.35. The van der Waals surface area contributed by atoms with Gasteiger partial charge in [-0.25, -0.2) is 0 Å². The highest BCUT2D eigenvalue weighted by Crippen LogP contribution is 2.30. The number of hydrogen-bond donors (Lipinski definition) is 0. The first kappa shape index (κ1) is 4.07. The van der Waals surface area contributed by atoms with Crippen molar-refractivity contribution < 1.29 is 12.6 Å². The third kappa shape index (κ3) is 1.07. The molecule has 1 nitrogen and oxygen atoms in total. The third-order valence-corrected chi connectivity index (χ3v) is 2.30. The van der Waals surface area contributed by atoms with E-state index in [4.69, 9.17) is 12.6 Å². The Kier molecular flexibility index (Phi) is 0.830. The number of hydrogen-bond acceptors (Lipinski definition) is 1. The van der Waals surface area contributed by atoms with Crippen LogP contribution in [0.3, 0.4) is 0 Å². The second kappa shape index (κ2) is 2.85. The Balaban J connectivity index is 2.72. The van der Waals surface area contributed by atoms with Gasteiger partial charge in [0.05, 0.1) is 8.22 Å². The summed E-state index contributed by atoms with van der Waals surface area (Å²) < 4.78 is 52.7. The normalized spacial score (nSPS) is 17.2. The van der Waals surface area contributed by atoms with E-state index in [1.165, 1.54) is 6.07 Å². The van der Waals surface area contributed by atoms with Gasteiger partial charge in [0.1, 0.15) is 11.2 Å². The van der Waals surface area contributed by atoms with E-state index in [0.717, 1.165) is 0 Å². The van der Waals surface area contributed by atoms with Crippen molar-refractivity contribution in [3.8, 4) is 0 Å². The summed E-state index contributed by atoms with van der Waals surface area (Å²) in [7, 11) is 0. The summed E-state index contributed by atoms with van der Waals surface area (Å²) in [6.45, 7) is 0. The maximum Gasteiger partial charge on any atom is 0.136 e. The van der Waals surface area contributed by atoms with E-state index in [2.05, 4.69) is 15.9 Å². The summed E-state index contributed by atoms with van der Waals surface area (Å²) in [5, 5.41) is 0.294. The van der Waals surface area contributed by atoms with Crippen molar-refractivity contribution in [1.29, 1.82) is 0 Å². The number of para-hydroxylation sites is 1. The molecule has 0 atom stereocenters. The molecule has 0 unspecified atom stereocenters. The van der Waals surface area contributed by atoms with Crippen molar-refractivity contribution in [3.63, 3.8) is 0 Å². The fourth-order valence-corrected chi connectivity index (χ4v) is 1.60. The average Bonchev–Trinajstić information content (AvgIpc) is 2.81. The summed E-state index contributed by atoms with van der Waals surface area (Å²) >= 11 is 3.07. The molecule has 0 fully saturated rings. The molecule has 0 amide bonds. The van der Waals surface area contributed by atoms with Crippen molar-refractivity contribution in [2.45, 2.75) is 0 Å². The van der Waals surface area contributed by atoms with Gasteiger partial charge in [0.2, 0.25) is 0 Å². The molecule has 14 heavy (non-hydrogen) atoms. The lowest BCUT2D eigenvalue weighted by molar-refractivity contribution is 0.668. The number of furan rings is 1. The van der Waals surface area contributed by atoms with Crippen LogP contribution in [0.5, 0.6) is 0 Å². The Bertz CT molecular complexity index is 885. The minimum absolute atomic E-state index is 0.0560. The Morgan fingerprint density at radius 1 is 1.07 bits per heavy atom. The molecule has 0 aliphatic heterocycles. The van der Waals surface area contributed by atoms with Crippen molar-refractivity contribution in [2.24, 2.45) is 0 Å². The van der Waals surface area contributed by atoms with Gasteiger partial charge in [-0.15, -0.1) is 0 Å².